The van der Waals surface area contributed by atoms with Gasteiger partial charge in [0.25, 0.3) is 0 Å². The molecule has 0 saturated carbocycles. The summed E-state index contributed by atoms with van der Waals surface area (Å²) in [5.41, 5.74) is 0. The van der Waals surface area contributed by atoms with E-state index in [0.29, 0.717) is 38.5 Å². The van der Waals surface area contributed by atoms with Gasteiger partial charge in [-0.25, -0.2) is 17.6 Å². The molecule has 1 saturated heterocycles. The van der Waals surface area contributed by atoms with Gasteiger partial charge in [0, 0.05) is 32.7 Å². The van der Waals surface area contributed by atoms with Crippen molar-refractivity contribution in [2.75, 3.05) is 32.7 Å². The smallest absolute Gasteiger partial charge is 0.317 e. The Morgan fingerprint density at radius 2 is 1.83 bits per heavy atom. The van der Waals surface area contributed by atoms with E-state index in [9.17, 15) is 17.6 Å². The maximum Gasteiger partial charge on any atom is 0.317 e. The highest BCUT2D eigenvalue weighted by Crippen LogP contribution is 2.18. The van der Waals surface area contributed by atoms with Crippen LogP contribution in [0.5, 0.6) is 0 Å². The molecule has 0 atom stereocenters. The maximum atomic E-state index is 13.0. The zero-order valence-corrected chi connectivity index (χ0v) is 14.9. The minimum Gasteiger partial charge on any atom is -0.338 e. The van der Waals surface area contributed by atoms with Crippen LogP contribution in [-0.2, 0) is 10.0 Å². The molecule has 2 rings (SSSR count). The standard InChI is InChI=1S/C16H24FN3O3S/c1-13(2)12-18-16(21)19-8-3-9-20(11-10-19)24(22,23)15-6-4-14(17)5-7-15/h4-7,13H,3,8-12H2,1-2H3,(H,18,21). The van der Waals surface area contributed by atoms with Crippen molar-refractivity contribution in [1.29, 1.82) is 0 Å². The molecule has 1 fully saturated rings. The molecule has 134 valence electrons. The second-order valence-corrected chi connectivity index (χ2v) is 8.22. The number of benzene rings is 1. The highest BCUT2D eigenvalue weighted by atomic mass is 32.2. The molecule has 8 heteroatoms. The summed E-state index contributed by atoms with van der Waals surface area (Å²) in [6.45, 7) is 6.04. The number of hydrogen-bond donors (Lipinski definition) is 1. The first kappa shape index (κ1) is 18.7. The van der Waals surface area contributed by atoms with Gasteiger partial charge in [-0.1, -0.05) is 13.8 Å². The molecular weight excluding hydrogens is 333 g/mol. The zero-order chi connectivity index (χ0) is 17.7. The summed E-state index contributed by atoms with van der Waals surface area (Å²) in [5.74, 6) is -0.117. The van der Waals surface area contributed by atoms with Crippen LogP contribution in [0.1, 0.15) is 20.3 Å². The van der Waals surface area contributed by atoms with Gasteiger partial charge in [0.15, 0.2) is 0 Å². The maximum absolute atomic E-state index is 13.0. The van der Waals surface area contributed by atoms with Crippen LogP contribution in [0.25, 0.3) is 0 Å². The van der Waals surface area contributed by atoms with Crippen LogP contribution in [0, 0.1) is 11.7 Å². The number of carbonyl (C=O) groups is 1. The first-order valence-electron chi connectivity index (χ1n) is 8.09. The molecule has 1 aromatic rings. The molecule has 1 heterocycles. The van der Waals surface area contributed by atoms with Gasteiger partial charge in [-0.3, -0.25) is 0 Å². The van der Waals surface area contributed by atoms with Gasteiger partial charge in [-0.05, 0) is 36.6 Å². The first-order valence-corrected chi connectivity index (χ1v) is 9.53. The number of urea groups is 1. The second-order valence-electron chi connectivity index (χ2n) is 6.28. The lowest BCUT2D eigenvalue weighted by atomic mass is 10.2. The monoisotopic (exact) mass is 357 g/mol. The minimum absolute atomic E-state index is 0.0709. The SMILES string of the molecule is CC(C)CNC(=O)N1CCCN(S(=O)(=O)c2ccc(F)cc2)CC1. The molecule has 0 aromatic heterocycles. The van der Waals surface area contributed by atoms with Crippen LogP contribution in [0.15, 0.2) is 29.2 Å². The average molecular weight is 357 g/mol. The number of amides is 2. The number of nitrogens with one attached hydrogen (secondary N) is 1. The molecular formula is C16H24FN3O3S. The van der Waals surface area contributed by atoms with E-state index >= 15 is 0 Å². The first-order chi connectivity index (χ1) is 11.3. The molecule has 24 heavy (non-hydrogen) atoms. The molecule has 1 aromatic carbocycles. The second kappa shape index (κ2) is 7.94. The highest BCUT2D eigenvalue weighted by Gasteiger charge is 2.28. The summed E-state index contributed by atoms with van der Waals surface area (Å²) in [4.78, 5) is 13.8. The topological polar surface area (TPSA) is 69.7 Å². The van der Waals surface area contributed by atoms with Gasteiger partial charge in [-0.2, -0.15) is 4.31 Å². The van der Waals surface area contributed by atoms with Crippen LogP contribution >= 0.6 is 0 Å². The fourth-order valence-electron chi connectivity index (χ4n) is 2.50. The molecule has 1 N–H and O–H groups in total. The van der Waals surface area contributed by atoms with E-state index < -0.39 is 15.8 Å². The van der Waals surface area contributed by atoms with Crippen molar-refractivity contribution in [1.82, 2.24) is 14.5 Å². The van der Waals surface area contributed by atoms with E-state index in [1.165, 1.54) is 16.4 Å². The van der Waals surface area contributed by atoms with Gasteiger partial charge >= 0.3 is 6.03 Å². The van der Waals surface area contributed by atoms with E-state index in [4.69, 9.17) is 0 Å². The minimum atomic E-state index is -3.67. The molecule has 0 radical (unpaired) electrons. The van der Waals surface area contributed by atoms with Crippen LogP contribution in [0.3, 0.4) is 0 Å². The zero-order valence-electron chi connectivity index (χ0n) is 14.0. The Bertz CT molecular complexity index is 662. The van der Waals surface area contributed by atoms with Crippen molar-refractivity contribution >= 4 is 16.1 Å². The lowest BCUT2D eigenvalue weighted by Gasteiger charge is -2.22. The van der Waals surface area contributed by atoms with E-state index in [2.05, 4.69) is 5.32 Å². The normalized spacial score (nSPS) is 16.9. The molecule has 1 aliphatic rings. The fraction of sp³-hybridized carbons (Fsp3) is 0.562. The molecule has 0 spiro atoms. The van der Waals surface area contributed by atoms with E-state index in [-0.39, 0.29) is 17.5 Å². The lowest BCUT2D eigenvalue weighted by molar-refractivity contribution is 0.199. The van der Waals surface area contributed by atoms with Crippen molar-refractivity contribution in [3.8, 4) is 0 Å². The number of rotatable bonds is 4. The van der Waals surface area contributed by atoms with E-state index in [0.717, 1.165) is 12.1 Å². The Morgan fingerprint density at radius 1 is 1.17 bits per heavy atom. The van der Waals surface area contributed by atoms with Crippen molar-refractivity contribution in [3.63, 3.8) is 0 Å². The van der Waals surface area contributed by atoms with E-state index in [1.54, 1.807) is 4.90 Å². The van der Waals surface area contributed by atoms with Gasteiger partial charge in [0.05, 0.1) is 4.90 Å². The quantitative estimate of drug-likeness (QED) is 0.895. The molecule has 6 nitrogen and oxygen atoms in total. The Kier molecular flexibility index (Phi) is 6.17. The predicted molar refractivity (Wildman–Crippen MR) is 89.6 cm³/mol. The van der Waals surface area contributed by atoms with Crippen molar-refractivity contribution < 1.29 is 17.6 Å². The number of carbonyl (C=O) groups excluding carboxylic acids is 1. The van der Waals surface area contributed by atoms with Crippen molar-refractivity contribution in [2.45, 2.75) is 25.2 Å². The largest absolute Gasteiger partial charge is 0.338 e. The molecule has 0 bridgehead atoms. The third-order valence-electron chi connectivity index (χ3n) is 3.86. The van der Waals surface area contributed by atoms with Crippen molar-refractivity contribution in [3.05, 3.63) is 30.1 Å². The summed E-state index contributed by atoms with van der Waals surface area (Å²) in [6.07, 6.45) is 0.565. The summed E-state index contributed by atoms with van der Waals surface area (Å²) < 4.78 is 39.6. The van der Waals surface area contributed by atoms with Gasteiger partial charge in [0.2, 0.25) is 10.0 Å². The van der Waals surface area contributed by atoms with Gasteiger partial charge in [0.1, 0.15) is 5.82 Å². The van der Waals surface area contributed by atoms with Crippen LogP contribution in [-0.4, -0.2) is 56.4 Å². The van der Waals surface area contributed by atoms with Crippen LogP contribution in [0.2, 0.25) is 0 Å². The molecule has 0 unspecified atom stereocenters. The Hall–Kier alpha value is -1.67. The lowest BCUT2D eigenvalue weighted by Crippen LogP contribution is -2.43. The third kappa shape index (κ3) is 4.67. The summed E-state index contributed by atoms with van der Waals surface area (Å²) >= 11 is 0. The number of nitrogens with zero attached hydrogens (tertiary/aromatic N) is 2. The number of halogens is 1. The van der Waals surface area contributed by atoms with Crippen molar-refractivity contribution in [2.24, 2.45) is 5.92 Å². The van der Waals surface area contributed by atoms with E-state index in [1.807, 2.05) is 13.8 Å². The fourth-order valence-corrected chi connectivity index (χ4v) is 3.97. The third-order valence-corrected chi connectivity index (χ3v) is 5.77. The molecule has 1 aliphatic heterocycles. The Morgan fingerprint density at radius 3 is 2.46 bits per heavy atom. The number of hydrogen-bond acceptors (Lipinski definition) is 3. The number of sulfonamides is 1. The summed E-state index contributed by atoms with van der Waals surface area (Å²) in [7, 11) is -3.67. The average Bonchev–Trinajstić information content (AvgIpc) is 2.79. The van der Waals surface area contributed by atoms with Gasteiger partial charge < -0.3 is 10.2 Å². The molecule has 2 amide bonds. The van der Waals surface area contributed by atoms with Crippen LogP contribution in [0.4, 0.5) is 9.18 Å². The summed E-state index contributed by atoms with van der Waals surface area (Å²) in [5, 5.41) is 2.85. The Labute approximate surface area is 142 Å². The summed E-state index contributed by atoms with van der Waals surface area (Å²) in [6, 6.07) is 4.64. The highest BCUT2D eigenvalue weighted by molar-refractivity contribution is 7.89. The van der Waals surface area contributed by atoms with Crippen LogP contribution < -0.4 is 5.32 Å². The van der Waals surface area contributed by atoms with Gasteiger partial charge in [-0.15, -0.1) is 0 Å². The predicted octanol–water partition coefficient (Wildman–Crippen LogP) is 1.89. The Balaban J connectivity index is 2.02. The molecule has 0 aliphatic carbocycles.